The topological polar surface area (TPSA) is 68.8 Å². The van der Waals surface area contributed by atoms with E-state index in [0.29, 0.717) is 24.5 Å². The monoisotopic (exact) mass is 391 g/mol. The van der Waals surface area contributed by atoms with E-state index in [1.54, 1.807) is 29.1 Å². The molecule has 0 aliphatic carbocycles. The van der Waals surface area contributed by atoms with Gasteiger partial charge in [-0.25, -0.2) is 14.1 Å². The SMILES string of the molecule is Cc1cc(C)n(Cc2cc(Cc3ccc(F)cc3)nc(-n3ccc(CO)n3)c2)n1. The van der Waals surface area contributed by atoms with Gasteiger partial charge < -0.3 is 5.11 Å². The lowest BCUT2D eigenvalue weighted by atomic mass is 10.1. The van der Waals surface area contributed by atoms with Crippen LogP contribution in [-0.2, 0) is 19.6 Å². The van der Waals surface area contributed by atoms with Crippen LogP contribution in [-0.4, -0.2) is 29.7 Å². The van der Waals surface area contributed by atoms with Crippen LogP contribution < -0.4 is 0 Å². The van der Waals surface area contributed by atoms with Crippen LogP contribution in [0.3, 0.4) is 0 Å². The number of nitrogens with zero attached hydrogens (tertiary/aromatic N) is 5. The van der Waals surface area contributed by atoms with Gasteiger partial charge in [0.1, 0.15) is 5.82 Å². The molecule has 0 spiro atoms. The summed E-state index contributed by atoms with van der Waals surface area (Å²) in [7, 11) is 0. The van der Waals surface area contributed by atoms with E-state index >= 15 is 0 Å². The van der Waals surface area contributed by atoms with Gasteiger partial charge >= 0.3 is 0 Å². The fourth-order valence-corrected chi connectivity index (χ4v) is 3.33. The molecule has 3 heterocycles. The van der Waals surface area contributed by atoms with E-state index < -0.39 is 0 Å². The quantitative estimate of drug-likeness (QED) is 0.547. The Morgan fingerprint density at radius 3 is 2.38 bits per heavy atom. The maximum atomic E-state index is 13.2. The molecule has 0 saturated heterocycles. The zero-order chi connectivity index (χ0) is 20.4. The Hall–Kier alpha value is -3.32. The molecule has 0 fully saturated rings. The average molecular weight is 391 g/mol. The van der Waals surface area contributed by atoms with Crippen molar-refractivity contribution in [2.75, 3.05) is 0 Å². The van der Waals surface area contributed by atoms with Crippen LogP contribution in [0.5, 0.6) is 0 Å². The van der Waals surface area contributed by atoms with Crippen LogP contribution >= 0.6 is 0 Å². The van der Waals surface area contributed by atoms with E-state index in [1.165, 1.54) is 12.1 Å². The van der Waals surface area contributed by atoms with Crippen molar-refractivity contribution in [3.8, 4) is 5.82 Å². The van der Waals surface area contributed by atoms with Crippen molar-refractivity contribution in [1.29, 1.82) is 0 Å². The number of aliphatic hydroxyl groups excluding tert-OH is 1. The van der Waals surface area contributed by atoms with Gasteiger partial charge in [-0.3, -0.25) is 4.68 Å². The molecule has 0 radical (unpaired) electrons. The van der Waals surface area contributed by atoms with Gasteiger partial charge in [0.25, 0.3) is 0 Å². The first-order chi connectivity index (χ1) is 14.0. The largest absolute Gasteiger partial charge is 0.390 e. The van der Waals surface area contributed by atoms with Crippen molar-refractivity contribution in [2.45, 2.75) is 33.4 Å². The number of hydrogen-bond acceptors (Lipinski definition) is 4. The van der Waals surface area contributed by atoms with Gasteiger partial charge in [0, 0.05) is 24.0 Å². The maximum Gasteiger partial charge on any atom is 0.153 e. The molecule has 6 nitrogen and oxygen atoms in total. The number of hydrogen-bond donors (Lipinski definition) is 1. The van der Waals surface area contributed by atoms with Gasteiger partial charge in [0.15, 0.2) is 5.82 Å². The van der Waals surface area contributed by atoms with E-state index in [0.717, 1.165) is 28.2 Å². The van der Waals surface area contributed by atoms with Crippen LogP contribution in [0.4, 0.5) is 4.39 Å². The van der Waals surface area contributed by atoms with Crippen molar-refractivity contribution in [1.82, 2.24) is 24.5 Å². The lowest BCUT2D eigenvalue weighted by Gasteiger charge is -2.11. The van der Waals surface area contributed by atoms with Crippen LogP contribution in [0.1, 0.15) is 33.9 Å². The lowest BCUT2D eigenvalue weighted by molar-refractivity contribution is 0.276. The van der Waals surface area contributed by atoms with Gasteiger partial charge in [0.05, 0.1) is 24.5 Å². The first-order valence-corrected chi connectivity index (χ1v) is 9.41. The van der Waals surface area contributed by atoms with Gasteiger partial charge in [-0.05, 0) is 61.4 Å². The Morgan fingerprint density at radius 1 is 0.931 bits per heavy atom. The minimum atomic E-state index is -0.256. The summed E-state index contributed by atoms with van der Waals surface area (Å²) in [6, 6.07) is 14.3. The van der Waals surface area contributed by atoms with Gasteiger partial charge in [0.2, 0.25) is 0 Å². The molecule has 0 amide bonds. The highest BCUT2D eigenvalue weighted by atomic mass is 19.1. The van der Waals surface area contributed by atoms with E-state index in [-0.39, 0.29) is 12.4 Å². The van der Waals surface area contributed by atoms with Crippen LogP contribution in [0.25, 0.3) is 5.82 Å². The van der Waals surface area contributed by atoms with Crippen LogP contribution in [0.2, 0.25) is 0 Å². The first-order valence-electron chi connectivity index (χ1n) is 9.41. The van der Waals surface area contributed by atoms with E-state index in [1.807, 2.05) is 36.7 Å². The van der Waals surface area contributed by atoms with Crippen molar-refractivity contribution < 1.29 is 9.50 Å². The van der Waals surface area contributed by atoms with Crippen LogP contribution in [0.15, 0.2) is 54.7 Å². The molecule has 29 heavy (non-hydrogen) atoms. The summed E-state index contributed by atoms with van der Waals surface area (Å²) in [5, 5.41) is 18.2. The molecule has 4 rings (SSSR count). The molecule has 1 aromatic carbocycles. The third-order valence-electron chi connectivity index (χ3n) is 4.70. The van der Waals surface area contributed by atoms with Crippen molar-refractivity contribution in [3.05, 3.63) is 94.4 Å². The number of aryl methyl sites for hydroxylation is 2. The molecule has 3 aromatic heterocycles. The molecule has 0 atom stereocenters. The van der Waals surface area contributed by atoms with E-state index in [9.17, 15) is 9.50 Å². The fraction of sp³-hybridized carbons (Fsp3) is 0.227. The second kappa shape index (κ2) is 7.97. The highest BCUT2D eigenvalue weighted by molar-refractivity contribution is 5.34. The summed E-state index contributed by atoms with van der Waals surface area (Å²) >= 11 is 0. The molecule has 0 unspecified atom stereocenters. The van der Waals surface area contributed by atoms with E-state index in [4.69, 9.17) is 4.98 Å². The Morgan fingerprint density at radius 2 is 1.72 bits per heavy atom. The summed E-state index contributed by atoms with van der Waals surface area (Å²) in [4.78, 5) is 4.73. The molecular weight excluding hydrogens is 369 g/mol. The molecule has 7 heteroatoms. The summed E-state index contributed by atoms with van der Waals surface area (Å²) < 4.78 is 16.8. The summed E-state index contributed by atoms with van der Waals surface area (Å²) in [6.07, 6.45) is 2.36. The van der Waals surface area contributed by atoms with Gasteiger partial charge in [-0.2, -0.15) is 10.2 Å². The number of aromatic nitrogens is 5. The van der Waals surface area contributed by atoms with Crippen molar-refractivity contribution in [2.24, 2.45) is 0 Å². The Labute approximate surface area is 168 Å². The fourth-order valence-electron chi connectivity index (χ4n) is 3.33. The first kappa shape index (κ1) is 19.0. The van der Waals surface area contributed by atoms with E-state index in [2.05, 4.69) is 10.2 Å². The summed E-state index contributed by atoms with van der Waals surface area (Å²) in [5.41, 5.74) is 5.51. The molecule has 0 saturated carbocycles. The number of benzene rings is 1. The third kappa shape index (κ3) is 4.41. The molecule has 148 valence electrons. The Bertz CT molecular complexity index is 1130. The number of aliphatic hydroxyl groups is 1. The summed E-state index contributed by atoms with van der Waals surface area (Å²) in [6.45, 7) is 4.49. The molecule has 0 aliphatic rings. The highest BCUT2D eigenvalue weighted by Gasteiger charge is 2.10. The molecular formula is C22H22FN5O. The zero-order valence-corrected chi connectivity index (χ0v) is 16.4. The van der Waals surface area contributed by atoms with Gasteiger partial charge in [-0.15, -0.1) is 0 Å². The average Bonchev–Trinajstić information content (AvgIpc) is 3.30. The maximum absolute atomic E-state index is 13.2. The smallest absolute Gasteiger partial charge is 0.153 e. The molecule has 1 N–H and O–H groups in total. The van der Waals surface area contributed by atoms with Crippen LogP contribution in [0, 0.1) is 19.7 Å². The van der Waals surface area contributed by atoms with Crippen molar-refractivity contribution >= 4 is 0 Å². The molecule has 0 aliphatic heterocycles. The predicted molar refractivity (Wildman–Crippen MR) is 107 cm³/mol. The zero-order valence-electron chi connectivity index (χ0n) is 16.4. The number of rotatable bonds is 6. The lowest BCUT2D eigenvalue weighted by Crippen LogP contribution is -2.08. The second-order valence-corrected chi connectivity index (χ2v) is 7.12. The Balaban J connectivity index is 1.71. The third-order valence-corrected chi connectivity index (χ3v) is 4.70. The molecule has 0 bridgehead atoms. The normalized spacial score (nSPS) is 11.2. The highest BCUT2D eigenvalue weighted by Crippen LogP contribution is 2.17. The standard InChI is InChI=1S/C22H22FN5O/c1-15-9-16(2)28(25-15)13-18-11-21(10-17-3-5-19(23)6-4-17)24-22(12-18)27-8-7-20(14-29)26-27/h3-9,11-12,29H,10,13-14H2,1-2H3. The Kier molecular flexibility index (Phi) is 5.22. The minimum absolute atomic E-state index is 0.124. The molecule has 4 aromatic rings. The number of halogens is 1. The number of pyridine rings is 1. The predicted octanol–water partition coefficient (Wildman–Crippen LogP) is 3.35. The second-order valence-electron chi connectivity index (χ2n) is 7.12. The summed E-state index contributed by atoms with van der Waals surface area (Å²) in [5.74, 6) is 0.412. The van der Waals surface area contributed by atoms with Crippen molar-refractivity contribution in [3.63, 3.8) is 0 Å². The minimum Gasteiger partial charge on any atom is -0.390 e. The van der Waals surface area contributed by atoms with Gasteiger partial charge in [-0.1, -0.05) is 12.1 Å².